The molecule has 0 spiro atoms. The minimum atomic E-state index is -3.68. The van der Waals surface area contributed by atoms with Gasteiger partial charge in [0.05, 0.1) is 25.3 Å². The van der Waals surface area contributed by atoms with Crippen LogP contribution in [0.3, 0.4) is 0 Å². The molecule has 0 saturated heterocycles. The number of hydrogen-bond acceptors (Lipinski definition) is 6. The highest BCUT2D eigenvalue weighted by Crippen LogP contribution is 2.28. The van der Waals surface area contributed by atoms with Gasteiger partial charge in [0.15, 0.2) is 11.5 Å². The van der Waals surface area contributed by atoms with Crippen molar-refractivity contribution in [3.8, 4) is 11.5 Å². The van der Waals surface area contributed by atoms with E-state index in [0.29, 0.717) is 33.8 Å². The van der Waals surface area contributed by atoms with Gasteiger partial charge in [-0.1, -0.05) is 24.8 Å². The lowest BCUT2D eigenvalue weighted by Crippen LogP contribution is -2.39. The van der Waals surface area contributed by atoms with Gasteiger partial charge in [0.25, 0.3) is 5.91 Å². The lowest BCUT2D eigenvalue weighted by atomic mass is 10.2. The zero-order valence-corrected chi connectivity index (χ0v) is 18.9. The Morgan fingerprint density at radius 2 is 2.00 bits per heavy atom. The molecule has 2 aromatic rings. The van der Waals surface area contributed by atoms with Crippen molar-refractivity contribution in [3.05, 3.63) is 65.2 Å². The number of rotatable bonds is 10. The molecule has 0 radical (unpaired) electrons. The van der Waals surface area contributed by atoms with E-state index in [1.54, 1.807) is 48.5 Å². The maximum Gasteiger partial charge on any atom is 0.260 e. The summed E-state index contributed by atoms with van der Waals surface area (Å²) in [5.41, 5.74) is 3.35. The number of anilines is 1. The third-order valence-corrected chi connectivity index (χ3v) is 5.55. The Balaban J connectivity index is 2.08. The summed E-state index contributed by atoms with van der Waals surface area (Å²) in [6.45, 7) is 3.52. The molecule has 160 valence electrons. The number of amides is 1. The molecule has 2 rings (SSSR count). The lowest BCUT2D eigenvalue weighted by Gasteiger charge is -2.22. The minimum Gasteiger partial charge on any atom is -0.493 e. The van der Waals surface area contributed by atoms with Gasteiger partial charge in [0.1, 0.15) is 13.2 Å². The van der Waals surface area contributed by atoms with Crippen LogP contribution in [-0.2, 0) is 14.8 Å². The maximum absolute atomic E-state index is 12.3. The van der Waals surface area contributed by atoms with E-state index < -0.39 is 22.5 Å². The van der Waals surface area contributed by atoms with Gasteiger partial charge >= 0.3 is 0 Å². The summed E-state index contributed by atoms with van der Waals surface area (Å²) in [5, 5.41) is 3.89. The second-order valence-electron chi connectivity index (χ2n) is 6.02. The van der Waals surface area contributed by atoms with Gasteiger partial charge in [-0.2, -0.15) is 5.10 Å². The van der Waals surface area contributed by atoms with Crippen LogP contribution in [0.5, 0.6) is 11.5 Å². The molecule has 1 N–H and O–H groups in total. The normalized spacial score (nSPS) is 11.2. The molecule has 0 unspecified atom stereocenters. The van der Waals surface area contributed by atoms with E-state index in [0.717, 1.165) is 10.6 Å². The summed E-state index contributed by atoms with van der Waals surface area (Å²) in [6, 6.07) is 11.9. The molecule has 0 heterocycles. The Labute approximate surface area is 184 Å². The molecule has 2 aromatic carbocycles. The predicted molar refractivity (Wildman–Crippen MR) is 121 cm³/mol. The van der Waals surface area contributed by atoms with Crippen LogP contribution in [-0.4, -0.2) is 47.1 Å². The topological polar surface area (TPSA) is 97.3 Å². The van der Waals surface area contributed by atoms with Crippen LogP contribution in [0.4, 0.5) is 5.69 Å². The van der Waals surface area contributed by atoms with Gasteiger partial charge in [-0.05, 0) is 51.8 Å². The Bertz CT molecular complexity index is 1040. The maximum atomic E-state index is 12.3. The highest BCUT2D eigenvalue weighted by atomic mass is 79.9. The largest absolute Gasteiger partial charge is 0.493 e. The first-order chi connectivity index (χ1) is 14.3. The molecule has 10 heteroatoms. The van der Waals surface area contributed by atoms with E-state index in [-0.39, 0.29) is 0 Å². The van der Waals surface area contributed by atoms with Crippen LogP contribution in [0.1, 0.15) is 5.56 Å². The second-order valence-corrected chi connectivity index (χ2v) is 8.79. The summed E-state index contributed by atoms with van der Waals surface area (Å²) >= 11 is 3.30. The number of methoxy groups -OCH3 is 1. The smallest absolute Gasteiger partial charge is 0.260 e. The van der Waals surface area contributed by atoms with Crippen molar-refractivity contribution in [2.75, 3.05) is 30.8 Å². The van der Waals surface area contributed by atoms with Gasteiger partial charge in [-0.15, -0.1) is 0 Å². The number of halogens is 1. The second kappa shape index (κ2) is 10.8. The number of sulfonamides is 1. The van der Waals surface area contributed by atoms with Crippen LogP contribution >= 0.6 is 15.9 Å². The van der Waals surface area contributed by atoms with Crippen molar-refractivity contribution in [3.63, 3.8) is 0 Å². The van der Waals surface area contributed by atoms with E-state index in [2.05, 4.69) is 33.0 Å². The molecule has 1 amide bonds. The molecular formula is C20H22BrN3O5S. The third-order valence-electron chi connectivity index (χ3n) is 3.76. The fraction of sp³-hybridized carbons (Fsp3) is 0.200. The standard InChI is InChI=1S/C20H22BrN3O5S/c1-4-11-29-18-10-9-15(12-19(18)28-2)13-22-23-20(25)14-24(30(3,26)27)17-8-6-5-7-16(17)21/h4-10,12-13H,1,11,14H2,2-3H3,(H,23,25)/b22-13-. The highest BCUT2D eigenvalue weighted by molar-refractivity contribution is 9.10. The van der Waals surface area contributed by atoms with E-state index in [1.807, 2.05) is 0 Å². The average Bonchev–Trinajstić information content (AvgIpc) is 2.70. The first-order valence-corrected chi connectivity index (χ1v) is 11.4. The predicted octanol–water partition coefficient (Wildman–Crippen LogP) is 2.94. The number of nitrogens with zero attached hydrogens (tertiary/aromatic N) is 2. The van der Waals surface area contributed by atoms with Crippen molar-refractivity contribution < 1.29 is 22.7 Å². The minimum absolute atomic E-state index is 0.341. The summed E-state index contributed by atoms with van der Waals surface area (Å²) in [4.78, 5) is 12.3. The van der Waals surface area contributed by atoms with Crippen LogP contribution in [0.2, 0.25) is 0 Å². The van der Waals surface area contributed by atoms with Gasteiger partial charge < -0.3 is 9.47 Å². The SMILES string of the molecule is C=CCOc1ccc(/C=N\NC(=O)CN(c2ccccc2Br)S(C)(=O)=O)cc1OC. The fourth-order valence-corrected chi connectivity index (χ4v) is 3.90. The van der Waals surface area contributed by atoms with Crippen LogP contribution < -0.4 is 19.2 Å². The number of hydrazone groups is 1. The van der Waals surface area contributed by atoms with E-state index in [4.69, 9.17) is 9.47 Å². The fourth-order valence-electron chi connectivity index (χ4n) is 2.41. The molecular weight excluding hydrogens is 474 g/mol. The Kier molecular flexibility index (Phi) is 8.43. The number of hydrogen-bond donors (Lipinski definition) is 1. The Hall–Kier alpha value is -2.85. The van der Waals surface area contributed by atoms with Crippen LogP contribution in [0.15, 0.2) is 64.7 Å². The number of ether oxygens (including phenoxy) is 2. The van der Waals surface area contributed by atoms with E-state index in [9.17, 15) is 13.2 Å². The highest BCUT2D eigenvalue weighted by Gasteiger charge is 2.22. The molecule has 0 bridgehead atoms. The van der Waals surface area contributed by atoms with Crippen molar-refractivity contribution in [2.24, 2.45) is 5.10 Å². The lowest BCUT2D eigenvalue weighted by molar-refractivity contribution is -0.119. The summed E-state index contributed by atoms with van der Waals surface area (Å²) in [7, 11) is -2.17. The van der Waals surface area contributed by atoms with Crippen molar-refractivity contribution in [2.45, 2.75) is 0 Å². The molecule has 30 heavy (non-hydrogen) atoms. The molecule has 0 aromatic heterocycles. The molecule has 8 nitrogen and oxygen atoms in total. The first kappa shape index (κ1) is 23.4. The first-order valence-electron chi connectivity index (χ1n) is 8.72. The number of benzene rings is 2. The molecule has 0 fully saturated rings. The van der Waals surface area contributed by atoms with Crippen LogP contribution in [0.25, 0.3) is 0 Å². The Morgan fingerprint density at radius 3 is 2.63 bits per heavy atom. The molecule has 0 atom stereocenters. The number of carbonyl (C=O) groups excluding carboxylic acids is 1. The summed E-state index contributed by atoms with van der Waals surface area (Å²) in [6.07, 6.45) is 4.07. The third kappa shape index (κ3) is 6.60. The molecule has 0 aliphatic carbocycles. The molecule has 0 aliphatic rings. The van der Waals surface area contributed by atoms with Crippen molar-refractivity contribution in [1.82, 2.24) is 5.43 Å². The quantitative estimate of drug-likeness (QED) is 0.310. The van der Waals surface area contributed by atoms with Gasteiger partial charge in [0, 0.05) is 4.47 Å². The molecule has 0 aliphatic heterocycles. The van der Waals surface area contributed by atoms with Crippen molar-refractivity contribution >= 4 is 43.8 Å². The summed E-state index contributed by atoms with van der Waals surface area (Å²) < 4.78 is 36.6. The number of nitrogens with one attached hydrogen (secondary N) is 1. The summed E-state index contributed by atoms with van der Waals surface area (Å²) in [5.74, 6) is 0.463. The van der Waals surface area contributed by atoms with Crippen molar-refractivity contribution in [1.29, 1.82) is 0 Å². The number of para-hydroxylation sites is 1. The Morgan fingerprint density at radius 1 is 1.27 bits per heavy atom. The van der Waals surface area contributed by atoms with E-state index >= 15 is 0 Å². The van der Waals surface area contributed by atoms with Crippen LogP contribution in [0, 0.1) is 0 Å². The molecule has 0 saturated carbocycles. The average molecular weight is 496 g/mol. The zero-order chi connectivity index (χ0) is 22.1. The van der Waals surface area contributed by atoms with E-state index in [1.165, 1.54) is 13.3 Å². The van der Waals surface area contributed by atoms with Gasteiger partial charge in [0.2, 0.25) is 10.0 Å². The zero-order valence-electron chi connectivity index (χ0n) is 16.5. The monoisotopic (exact) mass is 495 g/mol. The number of carbonyl (C=O) groups is 1. The van der Waals surface area contributed by atoms with Gasteiger partial charge in [-0.25, -0.2) is 13.8 Å². The van der Waals surface area contributed by atoms with Gasteiger partial charge in [-0.3, -0.25) is 9.10 Å².